The zero-order chi connectivity index (χ0) is 14.7. The summed E-state index contributed by atoms with van der Waals surface area (Å²) in [6, 6.07) is 7.15. The number of rotatable bonds is 5. The number of benzene rings is 1. The molecule has 1 aliphatic rings. The quantitative estimate of drug-likeness (QED) is 0.899. The summed E-state index contributed by atoms with van der Waals surface area (Å²) < 4.78 is 0. The molecule has 20 heavy (non-hydrogen) atoms. The van der Waals surface area contributed by atoms with E-state index < -0.39 is 5.97 Å². The van der Waals surface area contributed by atoms with Crippen LogP contribution in [0.5, 0.6) is 0 Å². The molecule has 0 atom stereocenters. The summed E-state index contributed by atoms with van der Waals surface area (Å²) in [7, 11) is 0. The first-order valence-corrected chi connectivity index (χ1v) is 7.12. The zero-order valence-electron chi connectivity index (χ0n) is 12.0. The largest absolute Gasteiger partial charge is 0.478 e. The van der Waals surface area contributed by atoms with Gasteiger partial charge in [-0.2, -0.15) is 0 Å². The summed E-state index contributed by atoms with van der Waals surface area (Å²) in [5.41, 5.74) is 1.12. The second-order valence-corrected chi connectivity index (χ2v) is 5.66. The van der Waals surface area contributed by atoms with E-state index >= 15 is 0 Å². The van der Waals surface area contributed by atoms with Gasteiger partial charge in [0.15, 0.2) is 0 Å². The van der Waals surface area contributed by atoms with E-state index in [1.807, 2.05) is 18.7 Å². The Balaban J connectivity index is 2.03. The van der Waals surface area contributed by atoms with E-state index in [1.54, 1.807) is 24.3 Å². The summed E-state index contributed by atoms with van der Waals surface area (Å²) in [5, 5.41) is 8.86. The zero-order valence-corrected chi connectivity index (χ0v) is 12.0. The Labute approximate surface area is 119 Å². The van der Waals surface area contributed by atoms with Crippen LogP contribution in [0.2, 0.25) is 0 Å². The van der Waals surface area contributed by atoms with Crippen LogP contribution in [0.3, 0.4) is 0 Å². The van der Waals surface area contributed by atoms with Crippen LogP contribution in [0.4, 0.5) is 0 Å². The van der Waals surface area contributed by atoms with Gasteiger partial charge in [-0.1, -0.05) is 12.1 Å². The highest BCUT2D eigenvalue weighted by Gasteiger charge is 2.30. The molecule has 1 amide bonds. The minimum atomic E-state index is -0.943. The molecule has 0 bridgehead atoms. The van der Waals surface area contributed by atoms with Gasteiger partial charge in [-0.3, -0.25) is 4.79 Å². The molecule has 1 aromatic rings. The van der Waals surface area contributed by atoms with Crippen molar-refractivity contribution in [2.75, 3.05) is 0 Å². The Morgan fingerprint density at radius 2 is 1.85 bits per heavy atom. The summed E-state index contributed by atoms with van der Waals surface area (Å²) in [4.78, 5) is 25.2. The molecule has 1 aromatic carbocycles. The molecule has 2 rings (SSSR count). The second-order valence-electron chi connectivity index (χ2n) is 5.66. The van der Waals surface area contributed by atoms with Gasteiger partial charge in [0.1, 0.15) is 0 Å². The molecule has 1 fully saturated rings. The minimum Gasteiger partial charge on any atom is -0.478 e. The van der Waals surface area contributed by atoms with E-state index in [0.29, 0.717) is 12.5 Å². The Morgan fingerprint density at radius 3 is 2.25 bits per heavy atom. The number of hydrogen-bond donors (Lipinski definition) is 1. The first-order valence-electron chi connectivity index (χ1n) is 7.12. The average Bonchev–Trinajstić information content (AvgIpc) is 2.33. The maximum Gasteiger partial charge on any atom is 0.335 e. The highest BCUT2D eigenvalue weighted by atomic mass is 16.4. The number of aromatic carboxylic acids is 1. The van der Waals surface area contributed by atoms with Crippen LogP contribution in [0.1, 0.15) is 49.0 Å². The first kappa shape index (κ1) is 14.6. The molecule has 0 radical (unpaired) electrons. The van der Waals surface area contributed by atoms with Crippen molar-refractivity contribution in [3.8, 4) is 0 Å². The highest BCUT2D eigenvalue weighted by Crippen LogP contribution is 2.27. The van der Waals surface area contributed by atoms with Crippen LogP contribution < -0.4 is 0 Å². The first-order chi connectivity index (χ1) is 9.49. The SMILES string of the molecule is CC(C)N(C(=O)Cc1ccc(C(=O)O)cc1)C1CCC1. The lowest BCUT2D eigenvalue weighted by Gasteiger charge is -2.40. The smallest absolute Gasteiger partial charge is 0.335 e. The van der Waals surface area contributed by atoms with Crippen molar-refractivity contribution in [2.24, 2.45) is 0 Å². The fourth-order valence-corrected chi connectivity index (χ4v) is 2.61. The molecular formula is C16H21NO3. The van der Waals surface area contributed by atoms with E-state index in [4.69, 9.17) is 5.11 Å². The number of carboxylic acid groups (broad SMARTS) is 1. The van der Waals surface area contributed by atoms with Crippen molar-refractivity contribution >= 4 is 11.9 Å². The van der Waals surface area contributed by atoms with Crippen LogP contribution in [0.15, 0.2) is 24.3 Å². The van der Waals surface area contributed by atoms with E-state index in [9.17, 15) is 9.59 Å². The topological polar surface area (TPSA) is 57.6 Å². The molecule has 1 N–H and O–H groups in total. The molecule has 0 aliphatic heterocycles. The number of carboxylic acids is 1. The van der Waals surface area contributed by atoms with Gasteiger partial charge in [0, 0.05) is 12.1 Å². The number of hydrogen-bond acceptors (Lipinski definition) is 2. The summed E-state index contributed by atoms with van der Waals surface area (Å²) in [5.74, 6) is -0.811. The monoisotopic (exact) mass is 275 g/mol. The third-order valence-corrected chi connectivity index (χ3v) is 3.87. The van der Waals surface area contributed by atoms with Crippen LogP contribution in [-0.2, 0) is 11.2 Å². The second kappa shape index (κ2) is 6.07. The van der Waals surface area contributed by atoms with Gasteiger partial charge in [-0.15, -0.1) is 0 Å². The fourth-order valence-electron chi connectivity index (χ4n) is 2.61. The third-order valence-electron chi connectivity index (χ3n) is 3.87. The van der Waals surface area contributed by atoms with Crippen molar-refractivity contribution in [1.82, 2.24) is 4.90 Å². The number of carbonyl (C=O) groups excluding carboxylic acids is 1. The van der Waals surface area contributed by atoms with Crippen molar-refractivity contribution in [3.63, 3.8) is 0 Å². The lowest BCUT2D eigenvalue weighted by molar-refractivity contribution is -0.136. The Bertz CT molecular complexity index is 489. The lowest BCUT2D eigenvalue weighted by Crippen LogP contribution is -2.48. The molecular weight excluding hydrogens is 254 g/mol. The van der Waals surface area contributed by atoms with Crippen LogP contribution in [-0.4, -0.2) is 34.0 Å². The van der Waals surface area contributed by atoms with Gasteiger partial charge in [0.05, 0.1) is 12.0 Å². The standard InChI is InChI=1S/C16H21NO3/c1-11(2)17(14-4-3-5-14)15(18)10-12-6-8-13(9-7-12)16(19)20/h6-9,11,14H,3-5,10H2,1-2H3,(H,19,20). The number of nitrogens with zero attached hydrogens (tertiary/aromatic N) is 1. The fraction of sp³-hybridized carbons (Fsp3) is 0.500. The normalized spacial score (nSPS) is 14.9. The number of amides is 1. The van der Waals surface area contributed by atoms with Crippen molar-refractivity contribution in [2.45, 2.75) is 51.6 Å². The molecule has 0 saturated heterocycles. The maximum atomic E-state index is 12.4. The van der Waals surface area contributed by atoms with Crippen molar-refractivity contribution in [3.05, 3.63) is 35.4 Å². The third kappa shape index (κ3) is 3.18. The Morgan fingerprint density at radius 1 is 1.25 bits per heavy atom. The lowest BCUT2D eigenvalue weighted by atomic mass is 9.90. The molecule has 0 aromatic heterocycles. The molecule has 0 unspecified atom stereocenters. The summed E-state index contributed by atoms with van der Waals surface area (Å²) in [6.45, 7) is 4.09. The van der Waals surface area contributed by atoms with Crippen molar-refractivity contribution in [1.29, 1.82) is 0 Å². The van der Waals surface area contributed by atoms with Gasteiger partial charge in [-0.25, -0.2) is 4.79 Å². The molecule has 1 saturated carbocycles. The molecule has 0 heterocycles. The van der Waals surface area contributed by atoms with Gasteiger partial charge < -0.3 is 10.0 Å². The molecule has 108 valence electrons. The predicted octanol–water partition coefficient (Wildman–Crippen LogP) is 2.72. The van der Waals surface area contributed by atoms with Crippen molar-refractivity contribution < 1.29 is 14.7 Å². The molecule has 1 aliphatic carbocycles. The molecule has 0 spiro atoms. The van der Waals surface area contributed by atoms with E-state index in [-0.39, 0.29) is 17.5 Å². The van der Waals surface area contributed by atoms with Gasteiger partial charge in [0.2, 0.25) is 5.91 Å². The van der Waals surface area contributed by atoms with Gasteiger partial charge in [-0.05, 0) is 50.8 Å². The van der Waals surface area contributed by atoms with Gasteiger partial charge >= 0.3 is 5.97 Å². The summed E-state index contributed by atoms with van der Waals surface area (Å²) >= 11 is 0. The van der Waals surface area contributed by atoms with E-state index in [1.165, 1.54) is 6.42 Å². The highest BCUT2D eigenvalue weighted by molar-refractivity contribution is 5.87. The van der Waals surface area contributed by atoms with E-state index in [2.05, 4.69) is 0 Å². The number of carbonyl (C=O) groups is 2. The minimum absolute atomic E-state index is 0.132. The van der Waals surface area contributed by atoms with Crippen LogP contribution >= 0.6 is 0 Å². The Kier molecular flexibility index (Phi) is 4.42. The van der Waals surface area contributed by atoms with E-state index in [0.717, 1.165) is 18.4 Å². The van der Waals surface area contributed by atoms with Crippen LogP contribution in [0.25, 0.3) is 0 Å². The summed E-state index contributed by atoms with van der Waals surface area (Å²) in [6.07, 6.45) is 3.74. The predicted molar refractivity (Wildman–Crippen MR) is 76.7 cm³/mol. The van der Waals surface area contributed by atoms with Gasteiger partial charge in [0.25, 0.3) is 0 Å². The Hall–Kier alpha value is -1.84. The van der Waals surface area contributed by atoms with Crippen LogP contribution in [0, 0.1) is 0 Å². The average molecular weight is 275 g/mol. The molecule has 4 heteroatoms. The molecule has 4 nitrogen and oxygen atoms in total. The maximum absolute atomic E-state index is 12.4.